The highest BCUT2D eigenvalue weighted by atomic mass is 19.1. The molecule has 0 bridgehead atoms. The van der Waals surface area contributed by atoms with Gasteiger partial charge in [-0.05, 0) is 37.6 Å². The van der Waals surface area contributed by atoms with Gasteiger partial charge in [-0.3, -0.25) is 0 Å². The first-order valence-corrected chi connectivity index (χ1v) is 5.14. The molecule has 2 rings (SSSR count). The molecule has 0 radical (unpaired) electrons. The number of benzene rings is 1. The second-order valence-electron chi connectivity index (χ2n) is 3.91. The van der Waals surface area contributed by atoms with Crippen LogP contribution < -0.4 is 5.73 Å². The van der Waals surface area contributed by atoms with Crippen LogP contribution in [0.2, 0.25) is 0 Å². The van der Waals surface area contributed by atoms with Crippen LogP contribution in [0.1, 0.15) is 24.2 Å². The summed E-state index contributed by atoms with van der Waals surface area (Å²) in [5.74, 6) is -0.233. The van der Waals surface area contributed by atoms with Gasteiger partial charge in [0, 0.05) is 11.7 Å². The van der Waals surface area contributed by atoms with Gasteiger partial charge in [-0.15, -0.1) is 0 Å². The summed E-state index contributed by atoms with van der Waals surface area (Å²) in [5.41, 5.74) is 8.52. The lowest BCUT2D eigenvalue weighted by molar-refractivity contribution is 0.625. The van der Waals surface area contributed by atoms with Gasteiger partial charge >= 0.3 is 0 Å². The molecule has 0 aliphatic carbocycles. The summed E-state index contributed by atoms with van der Waals surface area (Å²) in [7, 11) is 0. The Bertz CT molecular complexity index is 503. The molecule has 0 fully saturated rings. The van der Waals surface area contributed by atoms with E-state index in [0.717, 1.165) is 16.9 Å². The fraction of sp³-hybridized carbons (Fsp3) is 0.250. The molecular weight excluding hydrogens is 205 g/mol. The van der Waals surface area contributed by atoms with Crippen molar-refractivity contribution in [3.8, 4) is 5.69 Å². The van der Waals surface area contributed by atoms with E-state index in [1.165, 1.54) is 12.1 Å². The van der Waals surface area contributed by atoms with Crippen molar-refractivity contribution in [1.82, 2.24) is 9.55 Å². The Kier molecular flexibility index (Phi) is 2.75. The van der Waals surface area contributed by atoms with Crippen molar-refractivity contribution in [2.75, 3.05) is 0 Å². The summed E-state index contributed by atoms with van der Waals surface area (Å²) in [6.45, 7) is 3.76. The molecule has 2 aromatic rings. The smallest absolute Gasteiger partial charge is 0.123 e. The molecule has 2 N–H and O–H groups in total. The molecule has 3 nitrogen and oxygen atoms in total. The van der Waals surface area contributed by atoms with Gasteiger partial charge in [-0.1, -0.05) is 0 Å². The third-order valence-electron chi connectivity index (χ3n) is 2.55. The number of aryl methyl sites for hydroxylation is 1. The number of nitrogens with zero attached hydrogens (tertiary/aromatic N) is 2. The number of hydrogen-bond donors (Lipinski definition) is 1. The quantitative estimate of drug-likeness (QED) is 0.842. The van der Waals surface area contributed by atoms with E-state index in [1.54, 1.807) is 18.6 Å². The van der Waals surface area contributed by atoms with Gasteiger partial charge in [0.25, 0.3) is 0 Å². The lowest BCUT2D eigenvalue weighted by Gasteiger charge is -2.13. The van der Waals surface area contributed by atoms with Crippen molar-refractivity contribution in [3.63, 3.8) is 0 Å². The lowest BCUT2D eigenvalue weighted by Crippen LogP contribution is -2.11. The Morgan fingerprint density at radius 3 is 2.81 bits per heavy atom. The van der Waals surface area contributed by atoms with Crippen LogP contribution in [-0.2, 0) is 0 Å². The van der Waals surface area contributed by atoms with Crippen LogP contribution in [0.3, 0.4) is 0 Å². The third kappa shape index (κ3) is 1.84. The largest absolute Gasteiger partial charge is 0.323 e. The summed E-state index contributed by atoms with van der Waals surface area (Å²) >= 11 is 0. The Morgan fingerprint density at radius 1 is 1.44 bits per heavy atom. The molecule has 0 amide bonds. The van der Waals surface area contributed by atoms with Crippen LogP contribution in [0, 0.1) is 12.7 Å². The average Bonchev–Trinajstić information content (AvgIpc) is 2.66. The molecule has 16 heavy (non-hydrogen) atoms. The summed E-state index contributed by atoms with van der Waals surface area (Å²) in [4.78, 5) is 4.07. The molecule has 0 aliphatic heterocycles. The Balaban J connectivity index is 2.54. The van der Waals surface area contributed by atoms with Crippen molar-refractivity contribution < 1.29 is 4.39 Å². The van der Waals surface area contributed by atoms with Crippen LogP contribution in [0.15, 0.2) is 30.7 Å². The fourth-order valence-corrected chi connectivity index (χ4v) is 1.73. The lowest BCUT2D eigenvalue weighted by atomic mass is 10.1. The first kappa shape index (κ1) is 10.8. The number of hydrogen-bond acceptors (Lipinski definition) is 2. The molecular formula is C12H14FN3. The van der Waals surface area contributed by atoms with E-state index in [4.69, 9.17) is 5.73 Å². The first-order chi connectivity index (χ1) is 7.59. The highest BCUT2D eigenvalue weighted by Crippen LogP contribution is 2.19. The third-order valence-corrected chi connectivity index (χ3v) is 2.55. The van der Waals surface area contributed by atoms with Crippen LogP contribution in [0.25, 0.3) is 5.69 Å². The van der Waals surface area contributed by atoms with Gasteiger partial charge in [0.05, 0.1) is 18.2 Å². The molecule has 0 spiro atoms. The minimum absolute atomic E-state index is 0.105. The van der Waals surface area contributed by atoms with Crippen molar-refractivity contribution in [3.05, 3.63) is 47.8 Å². The minimum Gasteiger partial charge on any atom is -0.323 e. The number of aromatic nitrogens is 2. The van der Waals surface area contributed by atoms with E-state index in [1.807, 2.05) is 18.4 Å². The van der Waals surface area contributed by atoms with E-state index in [2.05, 4.69) is 4.98 Å². The Labute approximate surface area is 93.7 Å². The molecule has 4 heteroatoms. The number of nitrogens with two attached hydrogens (primary N) is 1. The van der Waals surface area contributed by atoms with Crippen LogP contribution in [-0.4, -0.2) is 9.55 Å². The summed E-state index contributed by atoms with van der Waals surface area (Å²) < 4.78 is 14.9. The number of rotatable bonds is 2. The average molecular weight is 219 g/mol. The summed E-state index contributed by atoms with van der Waals surface area (Å²) in [6.07, 6.45) is 3.42. The van der Waals surface area contributed by atoms with Crippen LogP contribution in [0.4, 0.5) is 4.39 Å². The summed E-state index contributed by atoms with van der Waals surface area (Å²) in [5, 5.41) is 0. The molecule has 1 aromatic heterocycles. The van der Waals surface area contributed by atoms with Crippen molar-refractivity contribution >= 4 is 0 Å². The normalized spacial score (nSPS) is 12.8. The molecule has 0 unspecified atom stereocenters. The maximum absolute atomic E-state index is 13.0. The zero-order valence-corrected chi connectivity index (χ0v) is 9.31. The molecule has 0 saturated carbocycles. The standard InChI is InChI=1S/C12H14FN3/c1-8-5-10(13)3-4-11(8)16-7-15-6-12(16)9(2)14/h3-7,9H,14H2,1-2H3/t9-/m1/s1. The summed E-state index contributed by atoms with van der Waals surface area (Å²) in [6, 6.07) is 4.57. The Morgan fingerprint density at radius 2 is 2.19 bits per heavy atom. The van der Waals surface area contributed by atoms with Gasteiger partial charge in [0.1, 0.15) is 5.82 Å². The number of imidazole rings is 1. The first-order valence-electron chi connectivity index (χ1n) is 5.14. The van der Waals surface area contributed by atoms with Gasteiger partial charge in [0.2, 0.25) is 0 Å². The van der Waals surface area contributed by atoms with Gasteiger partial charge in [0.15, 0.2) is 0 Å². The highest BCUT2D eigenvalue weighted by Gasteiger charge is 2.10. The predicted octanol–water partition coefficient (Wildman–Crippen LogP) is 2.34. The van der Waals surface area contributed by atoms with E-state index in [0.29, 0.717) is 0 Å². The van der Waals surface area contributed by atoms with Gasteiger partial charge < -0.3 is 10.3 Å². The Hall–Kier alpha value is -1.68. The van der Waals surface area contributed by atoms with E-state index in [9.17, 15) is 4.39 Å². The van der Waals surface area contributed by atoms with Crippen LogP contribution in [0.5, 0.6) is 0 Å². The van der Waals surface area contributed by atoms with Crippen molar-refractivity contribution in [1.29, 1.82) is 0 Å². The molecule has 1 atom stereocenters. The minimum atomic E-state index is -0.233. The monoisotopic (exact) mass is 219 g/mol. The SMILES string of the molecule is Cc1cc(F)ccc1-n1cncc1[C@@H](C)N. The van der Waals surface area contributed by atoms with Crippen molar-refractivity contribution in [2.24, 2.45) is 5.73 Å². The van der Waals surface area contributed by atoms with Crippen LogP contribution >= 0.6 is 0 Å². The zero-order valence-electron chi connectivity index (χ0n) is 9.31. The maximum atomic E-state index is 13.0. The molecule has 0 aliphatic rings. The van der Waals surface area contributed by atoms with Crippen molar-refractivity contribution in [2.45, 2.75) is 19.9 Å². The van der Waals surface area contributed by atoms with E-state index >= 15 is 0 Å². The highest BCUT2D eigenvalue weighted by molar-refractivity contribution is 5.42. The molecule has 84 valence electrons. The predicted molar refractivity (Wildman–Crippen MR) is 60.9 cm³/mol. The second-order valence-corrected chi connectivity index (χ2v) is 3.91. The molecule has 1 heterocycles. The van der Waals surface area contributed by atoms with E-state index < -0.39 is 0 Å². The number of halogens is 1. The topological polar surface area (TPSA) is 43.8 Å². The molecule has 1 aromatic carbocycles. The van der Waals surface area contributed by atoms with E-state index in [-0.39, 0.29) is 11.9 Å². The maximum Gasteiger partial charge on any atom is 0.123 e. The second kappa shape index (κ2) is 4.06. The van der Waals surface area contributed by atoms with Gasteiger partial charge in [-0.25, -0.2) is 9.37 Å². The molecule has 0 saturated heterocycles. The fourth-order valence-electron chi connectivity index (χ4n) is 1.73. The van der Waals surface area contributed by atoms with Gasteiger partial charge in [-0.2, -0.15) is 0 Å². The zero-order chi connectivity index (χ0) is 11.7.